The van der Waals surface area contributed by atoms with Crippen molar-refractivity contribution in [1.29, 1.82) is 0 Å². The Balaban J connectivity index is 1.68. The second-order valence-corrected chi connectivity index (χ2v) is 6.54. The molecule has 150 valence electrons. The largest absolute Gasteiger partial charge is 0.452 e. The maximum absolute atomic E-state index is 13.6. The number of halogens is 2. The lowest BCUT2D eigenvalue weighted by atomic mass is 10.2. The third-order valence-electron chi connectivity index (χ3n) is 4.32. The number of rotatable bonds is 5. The first-order valence-corrected chi connectivity index (χ1v) is 8.81. The molecule has 1 N–H and O–H groups in total. The highest BCUT2D eigenvalue weighted by Crippen LogP contribution is 2.23. The van der Waals surface area contributed by atoms with Gasteiger partial charge in [-0.2, -0.15) is 5.10 Å². The van der Waals surface area contributed by atoms with E-state index in [2.05, 4.69) is 10.4 Å². The van der Waals surface area contributed by atoms with Crippen molar-refractivity contribution < 1.29 is 23.1 Å². The summed E-state index contributed by atoms with van der Waals surface area (Å²) < 4.78 is 33.1. The SMILES string of the molecule is Cc1ccc(-n2nc(C)c(NC(=O)COC(=O)c3ccc(F)cc3F)c2C)cc1. The third kappa shape index (κ3) is 4.48. The zero-order valence-electron chi connectivity index (χ0n) is 16.1. The van der Waals surface area contributed by atoms with Crippen LogP contribution in [0.1, 0.15) is 27.3 Å². The van der Waals surface area contributed by atoms with Crippen LogP contribution in [0.5, 0.6) is 0 Å². The predicted molar refractivity (Wildman–Crippen MR) is 103 cm³/mol. The fourth-order valence-electron chi connectivity index (χ4n) is 2.80. The van der Waals surface area contributed by atoms with Crippen LogP contribution >= 0.6 is 0 Å². The lowest BCUT2D eigenvalue weighted by Crippen LogP contribution is -2.22. The van der Waals surface area contributed by atoms with E-state index < -0.39 is 35.7 Å². The average molecular weight is 399 g/mol. The molecule has 0 saturated carbocycles. The monoisotopic (exact) mass is 399 g/mol. The molecule has 1 amide bonds. The van der Waals surface area contributed by atoms with Gasteiger partial charge in [0.25, 0.3) is 5.91 Å². The van der Waals surface area contributed by atoms with Crippen LogP contribution in [0.15, 0.2) is 42.5 Å². The molecule has 3 aromatic rings. The standard InChI is InChI=1S/C21H19F2N3O3/c1-12-4-7-16(8-5-12)26-14(3)20(13(2)25-26)24-19(27)11-29-21(28)17-9-6-15(22)10-18(17)23/h4-10H,11H2,1-3H3,(H,24,27). The number of aryl methyl sites for hydroxylation is 2. The molecule has 0 aliphatic rings. The number of anilines is 1. The molecule has 2 aromatic carbocycles. The summed E-state index contributed by atoms with van der Waals surface area (Å²) in [7, 11) is 0. The average Bonchev–Trinajstić information content (AvgIpc) is 2.95. The first-order valence-electron chi connectivity index (χ1n) is 8.81. The van der Waals surface area contributed by atoms with Crippen molar-refractivity contribution >= 4 is 17.6 Å². The number of amides is 1. The van der Waals surface area contributed by atoms with Crippen molar-refractivity contribution in [2.45, 2.75) is 20.8 Å². The Morgan fingerprint density at radius 2 is 1.76 bits per heavy atom. The van der Waals surface area contributed by atoms with Gasteiger partial charge in [-0.3, -0.25) is 4.79 Å². The number of esters is 1. The molecule has 1 aromatic heterocycles. The molecule has 0 radical (unpaired) electrons. The van der Waals surface area contributed by atoms with E-state index in [1.165, 1.54) is 0 Å². The van der Waals surface area contributed by atoms with Crippen molar-refractivity contribution in [3.63, 3.8) is 0 Å². The van der Waals surface area contributed by atoms with Gasteiger partial charge in [-0.05, 0) is 45.0 Å². The van der Waals surface area contributed by atoms with Gasteiger partial charge in [0.15, 0.2) is 6.61 Å². The minimum Gasteiger partial charge on any atom is -0.452 e. The third-order valence-corrected chi connectivity index (χ3v) is 4.32. The van der Waals surface area contributed by atoms with E-state index in [0.717, 1.165) is 23.4 Å². The van der Waals surface area contributed by atoms with Crippen molar-refractivity contribution in [3.05, 3.63) is 76.6 Å². The van der Waals surface area contributed by atoms with Crippen LogP contribution in [0.4, 0.5) is 14.5 Å². The topological polar surface area (TPSA) is 73.2 Å². The summed E-state index contributed by atoms with van der Waals surface area (Å²) in [5, 5.41) is 7.09. The van der Waals surface area contributed by atoms with E-state index in [0.29, 0.717) is 23.1 Å². The number of hydrogen-bond acceptors (Lipinski definition) is 4. The van der Waals surface area contributed by atoms with Crippen LogP contribution < -0.4 is 5.32 Å². The summed E-state index contributed by atoms with van der Waals surface area (Å²) in [6.07, 6.45) is 0. The number of nitrogens with one attached hydrogen (secondary N) is 1. The quantitative estimate of drug-likeness (QED) is 0.661. The zero-order chi connectivity index (χ0) is 21.1. The van der Waals surface area contributed by atoms with E-state index in [4.69, 9.17) is 4.74 Å². The summed E-state index contributed by atoms with van der Waals surface area (Å²) in [5.41, 5.74) is 3.31. The van der Waals surface area contributed by atoms with Gasteiger partial charge in [0.05, 0.1) is 28.3 Å². The van der Waals surface area contributed by atoms with Crippen LogP contribution in [0, 0.1) is 32.4 Å². The molecule has 0 spiro atoms. The Hall–Kier alpha value is -3.55. The lowest BCUT2D eigenvalue weighted by Gasteiger charge is -2.08. The highest BCUT2D eigenvalue weighted by Gasteiger charge is 2.18. The summed E-state index contributed by atoms with van der Waals surface area (Å²) in [6.45, 7) is 4.91. The van der Waals surface area contributed by atoms with Crippen molar-refractivity contribution in [2.24, 2.45) is 0 Å². The molecule has 6 nitrogen and oxygen atoms in total. The van der Waals surface area contributed by atoms with E-state index in [-0.39, 0.29) is 0 Å². The summed E-state index contributed by atoms with van der Waals surface area (Å²) in [6, 6.07) is 10.2. The normalized spacial score (nSPS) is 10.7. The van der Waals surface area contributed by atoms with Crippen LogP contribution in [-0.4, -0.2) is 28.3 Å². The minimum absolute atomic E-state index is 0.446. The molecule has 3 rings (SSSR count). The maximum Gasteiger partial charge on any atom is 0.341 e. The smallest absolute Gasteiger partial charge is 0.341 e. The summed E-state index contributed by atoms with van der Waals surface area (Å²) in [4.78, 5) is 24.1. The molecule has 0 bridgehead atoms. The highest BCUT2D eigenvalue weighted by atomic mass is 19.1. The molecular weight excluding hydrogens is 380 g/mol. The molecule has 0 unspecified atom stereocenters. The fourth-order valence-corrected chi connectivity index (χ4v) is 2.80. The van der Waals surface area contributed by atoms with Crippen molar-refractivity contribution in [3.8, 4) is 5.69 Å². The molecule has 0 fully saturated rings. The number of carbonyl (C=O) groups excluding carboxylic acids is 2. The first-order chi connectivity index (χ1) is 13.8. The lowest BCUT2D eigenvalue weighted by molar-refractivity contribution is -0.119. The van der Waals surface area contributed by atoms with Gasteiger partial charge in [0, 0.05) is 6.07 Å². The van der Waals surface area contributed by atoms with Crippen LogP contribution in [0.25, 0.3) is 5.69 Å². The zero-order valence-corrected chi connectivity index (χ0v) is 16.1. The number of hydrogen-bond donors (Lipinski definition) is 1. The predicted octanol–water partition coefficient (Wildman–Crippen LogP) is 3.87. The van der Waals surface area contributed by atoms with Gasteiger partial charge in [-0.15, -0.1) is 0 Å². The van der Waals surface area contributed by atoms with E-state index in [9.17, 15) is 18.4 Å². The Kier molecular flexibility index (Phi) is 5.72. The Morgan fingerprint density at radius 3 is 2.41 bits per heavy atom. The van der Waals surface area contributed by atoms with E-state index >= 15 is 0 Å². The molecular formula is C21H19F2N3O3. The molecule has 29 heavy (non-hydrogen) atoms. The van der Waals surface area contributed by atoms with Crippen LogP contribution in [-0.2, 0) is 9.53 Å². The van der Waals surface area contributed by atoms with Gasteiger partial charge in [0.2, 0.25) is 0 Å². The summed E-state index contributed by atoms with van der Waals surface area (Å²) in [5.74, 6) is -3.52. The Morgan fingerprint density at radius 1 is 1.07 bits per heavy atom. The first kappa shape index (κ1) is 20.2. The van der Waals surface area contributed by atoms with Gasteiger partial charge in [-0.1, -0.05) is 17.7 Å². The van der Waals surface area contributed by atoms with E-state index in [1.807, 2.05) is 31.2 Å². The van der Waals surface area contributed by atoms with Gasteiger partial charge >= 0.3 is 5.97 Å². The Labute approximate surface area is 166 Å². The number of carbonyl (C=O) groups is 2. The van der Waals surface area contributed by atoms with Crippen molar-refractivity contribution in [2.75, 3.05) is 11.9 Å². The van der Waals surface area contributed by atoms with Gasteiger partial charge in [-0.25, -0.2) is 18.3 Å². The Bertz CT molecular complexity index is 1080. The van der Waals surface area contributed by atoms with Crippen LogP contribution in [0.3, 0.4) is 0 Å². The molecule has 0 aliphatic carbocycles. The second kappa shape index (κ2) is 8.22. The molecule has 0 saturated heterocycles. The molecule has 0 atom stereocenters. The molecule has 1 heterocycles. The number of nitrogens with zero attached hydrogens (tertiary/aromatic N) is 2. The number of ether oxygens (including phenoxy) is 1. The molecule has 8 heteroatoms. The second-order valence-electron chi connectivity index (χ2n) is 6.54. The maximum atomic E-state index is 13.6. The van der Waals surface area contributed by atoms with E-state index in [1.54, 1.807) is 18.5 Å². The molecule has 0 aliphatic heterocycles. The van der Waals surface area contributed by atoms with Crippen LogP contribution in [0.2, 0.25) is 0 Å². The summed E-state index contributed by atoms with van der Waals surface area (Å²) >= 11 is 0. The fraction of sp³-hybridized carbons (Fsp3) is 0.190. The minimum atomic E-state index is -1.05. The van der Waals surface area contributed by atoms with Gasteiger partial charge < -0.3 is 10.1 Å². The van der Waals surface area contributed by atoms with Crippen molar-refractivity contribution in [1.82, 2.24) is 9.78 Å². The highest BCUT2D eigenvalue weighted by molar-refractivity contribution is 5.96. The number of benzene rings is 2. The number of aromatic nitrogens is 2. The van der Waals surface area contributed by atoms with Gasteiger partial charge in [0.1, 0.15) is 11.6 Å².